The minimum absolute atomic E-state index is 0.650. The van der Waals surface area contributed by atoms with Gasteiger partial charge in [0.1, 0.15) is 0 Å². The predicted octanol–water partition coefficient (Wildman–Crippen LogP) is -0.126. The molecular weight excluding hydrogens is 140 g/mol. The van der Waals surface area contributed by atoms with E-state index in [1.165, 1.54) is 6.42 Å². The van der Waals surface area contributed by atoms with Crippen LogP contribution in [0.5, 0.6) is 0 Å². The van der Waals surface area contributed by atoms with Gasteiger partial charge in [-0.2, -0.15) is 0 Å². The van der Waals surface area contributed by atoms with E-state index >= 15 is 0 Å². The lowest BCUT2D eigenvalue weighted by Gasteiger charge is -2.31. The number of rotatable bonds is 2. The summed E-state index contributed by atoms with van der Waals surface area (Å²) in [4.78, 5) is 8.38. The van der Waals surface area contributed by atoms with Crippen LogP contribution in [-0.2, 0) is 0 Å². The van der Waals surface area contributed by atoms with Gasteiger partial charge in [-0.25, -0.2) is 4.99 Å². The van der Waals surface area contributed by atoms with Crippen molar-refractivity contribution in [2.24, 2.45) is 10.7 Å². The molecule has 0 bridgehead atoms. The molecule has 0 atom stereocenters. The Kier molecular flexibility index (Phi) is 2.70. The fourth-order valence-corrected chi connectivity index (χ4v) is 1.17. The Bertz CT molecular complexity index is 155. The normalized spacial score (nSPS) is 20.2. The van der Waals surface area contributed by atoms with Crippen LogP contribution in [0.3, 0.4) is 0 Å². The van der Waals surface area contributed by atoms with Crippen LogP contribution in [0, 0.1) is 0 Å². The van der Waals surface area contributed by atoms with E-state index < -0.39 is 0 Å². The Morgan fingerprint density at radius 2 is 2.36 bits per heavy atom. The molecule has 0 aromatic rings. The van der Waals surface area contributed by atoms with E-state index in [2.05, 4.69) is 16.8 Å². The molecule has 2 N–H and O–H groups in total. The van der Waals surface area contributed by atoms with E-state index in [-0.39, 0.29) is 0 Å². The molecule has 1 heterocycles. The molecule has 11 heavy (non-hydrogen) atoms. The molecule has 0 fully saturated rings. The van der Waals surface area contributed by atoms with Gasteiger partial charge in [0, 0.05) is 13.6 Å². The first-order valence-corrected chi connectivity index (χ1v) is 3.97. The molecule has 4 nitrogen and oxygen atoms in total. The van der Waals surface area contributed by atoms with Gasteiger partial charge < -0.3 is 10.6 Å². The third-order valence-electron chi connectivity index (χ3n) is 1.78. The van der Waals surface area contributed by atoms with Gasteiger partial charge in [-0.3, -0.25) is 4.90 Å². The van der Waals surface area contributed by atoms with Crippen molar-refractivity contribution in [2.75, 3.05) is 26.9 Å². The standard InChI is InChI=1S/C7H16N4/c1-3-4-11-5-9-7(8)10(2)6-11/h3-6H2,1-2H3,(H2,8,9). The molecule has 0 aliphatic carbocycles. The van der Waals surface area contributed by atoms with Gasteiger partial charge >= 0.3 is 0 Å². The highest BCUT2D eigenvalue weighted by molar-refractivity contribution is 5.78. The predicted molar refractivity (Wildman–Crippen MR) is 46.1 cm³/mol. The molecule has 0 aromatic carbocycles. The minimum Gasteiger partial charge on any atom is -0.370 e. The quantitative estimate of drug-likeness (QED) is 0.606. The Balaban J connectivity index is 2.42. The van der Waals surface area contributed by atoms with E-state index in [0.29, 0.717) is 5.96 Å². The summed E-state index contributed by atoms with van der Waals surface area (Å²) in [5, 5.41) is 0. The lowest BCUT2D eigenvalue weighted by Crippen LogP contribution is -2.47. The fraction of sp³-hybridized carbons (Fsp3) is 0.857. The number of guanidine groups is 1. The lowest BCUT2D eigenvalue weighted by molar-refractivity contribution is 0.190. The maximum atomic E-state index is 5.59. The summed E-state index contributed by atoms with van der Waals surface area (Å²) < 4.78 is 0. The largest absolute Gasteiger partial charge is 0.370 e. The number of nitrogens with zero attached hydrogens (tertiary/aromatic N) is 3. The van der Waals surface area contributed by atoms with Crippen molar-refractivity contribution in [3.05, 3.63) is 0 Å². The van der Waals surface area contributed by atoms with Gasteiger partial charge in [-0.05, 0) is 6.42 Å². The maximum absolute atomic E-state index is 5.59. The van der Waals surface area contributed by atoms with E-state index in [1.807, 2.05) is 11.9 Å². The Hall–Kier alpha value is -0.770. The average Bonchev–Trinajstić information content (AvgIpc) is 1.98. The van der Waals surface area contributed by atoms with E-state index in [1.54, 1.807) is 0 Å². The maximum Gasteiger partial charge on any atom is 0.193 e. The smallest absolute Gasteiger partial charge is 0.193 e. The van der Waals surface area contributed by atoms with Crippen molar-refractivity contribution in [1.82, 2.24) is 9.80 Å². The summed E-state index contributed by atoms with van der Waals surface area (Å²) in [6, 6.07) is 0. The van der Waals surface area contributed by atoms with Crippen LogP contribution in [0.4, 0.5) is 0 Å². The third kappa shape index (κ3) is 2.08. The van der Waals surface area contributed by atoms with Crippen LogP contribution in [0.1, 0.15) is 13.3 Å². The zero-order chi connectivity index (χ0) is 8.27. The summed E-state index contributed by atoms with van der Waals surface area (Å²) in [7, 11) is 1.96. The Morgan fingerprint density at radius 1 is 1.64 bits per heavy atom. The summed E-state index contributed by atoms with van der Waals surface area (Å²) in [5.74, 6) is 0.650. The topological polar surface area (TPSA) is 44.9 Å². The number of hydrogen-bond acceptors (Lipinski definition) is 4. The molecule has 0 spiro atoms. The molecule has 0 aromatic heterocycles. The van der Waals surface area contributed by atoms with Crippen LogP contribution in [-0.4, -0.2) is 42.7 Å². The highest BCUT2D eigenvalue weighted by Crippen LogP contribution is 1.99. The molecule has 4 heteroatoms. The molecule has 1 aliphatic rings. The van der Waals surface area contributed by atoms with Crippen LogP contribution >= 0.6 is 0 Å². The summed E-state index contributed by atoms with van der Waals surface area (Å²) >= 11 is 0. The summed E-state index contributed by atoms with van der Waals surface area (Å²) in [6.45, 7) is 4.93. The van der Waals surface area contributed by atoms with Crippen molar-refractivity contribution >= 4 is 5.96 Å². The monoisotopic (exact) mass is 156 g/mol. The summed E-state index contributed by atoms with van der Waals surface area (Å²) in [6.07, 6.45) is 1.17. The molecule has 0 saturated heterocycles. The van der Waals surface area contributed by atoms with E-state index in [9.17, 15) is 0 Å². The molecule has 0 unspecified atom stereocenters. The highest BCUT2D eigenvalue weighted by atomic mass is 15.4. The van der Waals surface area contributed by atoms with E-state index in [4.69, 9.17) is 5.73 Å². The lowest BCUT2D eigenvalue weighted by atomic mass is 10.4. The molecular formula is C7H16N4. The molecule has 64 valence electrons. The molecule has 0 amide bonds. The van der Waals surface area contributed by atoms with Gasteiger partial charge in [0.05, 0.1) is 13.3 Å². The zero-order valence-electron chi connectivity index (χ0n) is 7.25. The van der Waals surface area contributed by atoms with Gasteiger partial charge in [0.2, 0.25) is 0 Å². The van der Waals surface area contributed by atoms with Crippen LogP contribution in [0.15, 0.2) is 4.99 Å². The second-order valence-electron chi connectivity index (χ2n) is 2.89. The Labute approximate surface area is 67.7 Å². The average molecular weight is 156 g/mol. The van der Waals surface area contributed by atoms with Gasteiger partial charge in [-0.15, -0.1) is 0 Å². The second kappa shape index (κ2) is 3.57. The van der Waals surface area contributed by atoms with Gasteiger partial charge in [-0.1, -0.05) is 6.92 Å². The van der Waals surface area contributed by atoms with Gasteiger partial charge in [0.15, 0.2) is 5.96 Å². The Morgan fingerprint density at radius 3 is 2.91 bits per heavy atom. The van der Waals surface area contributed by atoms with Crippen molar-refractivity contribution in [3.63, 3.8) is 0 Å². The first-order valence-electron chi connectivity index (χ1n) is 3.97. The number of aliphatic imine (C=N–C) groups is 1. The van der Waals surface area contributed by atoms with Crippen molar-refractivity contribution < 1.29 is 0 Å². The molecule has 1 rings (SSSR count). The van der Waals surface area contributed by atoms with Crippen LogP contribution in [0.2, 0.25) is 0 Å². The third-order valence-corrected chi connectivity index (χ3v) is 1.78. The minimum atomic E-state index is 0.650. The van der Waals surface area contributed by atoms with Crippen LogP contribution in [0.25, 0.3) is 0 Å². The van der Waals surface area contributed by atoms with Crippen LogP contribution < -0.4 is 5.73 Å². The number of nitrogens with two attached hydrogens (primary N) is 1. The highest BCUT2D eigenvalue weighted by Gasteiger charge is 2.13. The molecule has 1 aliphatic heterocycles. The SMILES string of the molecule is CCCN1CN=C(N)N(C)C1. The zero-order valence-corrected chi connectivity index (χ0v) is 7.25. The second-order valence-corrected chi connectivity index (χ2v) is 2.89. The molecule has 0 saturated carbocycles. The van der Waals surface area contributed by atoms with E-state index in [0.717, 1.165) is 19.9 Å². The fourth-order valence-electron chi connectivity index (χ4n) is 1.17. The first-order chi connectivity index (χ1) is 5.24. The first kappa shape index (κ1) is 8.33. The summed E-state index contributed by atoms with van der Waals surface area (Å²) in [5.41, 5.74) is 5.59. The number of hydrogen-bond donors (Lipinski definition) is 1. The van der Waals surface area contributed by atoms with Crippen molar-refractivity contribution in [3.8, 4) is 0 Å². The van der Waals surface area contributed by atoms with Crippen molar-refractivity contribution in [1.29, 1.82) is 0 Å². The molecule has 0 radical (unpaired) electrons. The van der Waals surface area contributed by atoms with Gasteiger partial charge in [0.25, 0.3) is 0 Å². The van der Waals surface area contributed by atoms with Crippen molar-refractivity contribution in [2.45, 2.75) is 13.3 Å².